The monoisotopic (exact) mass is 156 g/mol. The summed E-state index contributed by atoms with van der Waals surface area (Å²) in [4.78, 5) is 0.420. The minimum atomic E-state index is -0.244. The summed E-state index contributed by atoms with van der Waals surface area (Å²) in [5.74, 6) is -0.244. The van der Waals surface area contributed by atoms with Gasteiger partial charge in [-0.3, -0.25) is 0 Å². The Morgan fingerprint density at radius 2 is 1.70 bits per heavy atom. The predicted molar refractivity (Wildman–Crippen MR) is 43.1 cm³/mol. The van der Waals surface area contributed by atoms with Gasteiger partial charge in [0, 0.05) is 4.90 Å². The number of hydrogen-bond donors (Lipinski definition) is 1. The fraction of sp³-hybridized carbons (Fsp3) is 0.250. The summed E-state index contributed by atoms with van der Waals surface area (Å²) < 4.78 is 12.7. The molecule has 1 aromatic carbocycles. The SMILES string of the molecule is Cc1cc(F)c(S)cc1C. The summed E-state index contributed by atoms with van der Waals surface area (Å²) >= 11 is 3.94. The minimum Gasteiger partial charge on any atom is -0.206 e. The quantitative estimate of drug-likeness (QED) is 0.548. The van der Waals surface area contributed by atoms with Crippen LogP contribution in [-0.2, 0) is 0 Å². The van der Waals surface area contributed by atoms with Crippen LogP contribution in [-0.4, -0.2) is 0 Å². The maximum absolute atomic E-state index is 12.7. The molecule has 2 heteroatoms. The molecule has 0 nitrogen and oxygen atoms in total. The average Bonchev–Trinajstić information content (AvgIpc) is 1.84. The summed E-state index contributed by atoms with van der Waals surface area (Å²) in [6.45, 7) is 3.82. The lowest BCUT2D eigenvalue weighted by atomic mass is 10.1. The summed E-state index contributed by atoms with van der Waals surface area (Å²) in [5, 5.41) is 0. The highest BCUT2D eigenvalue weighted by Crippen LogP contribution is 2.16. The van der Waals surface area contributed by atoms with E-state index in [2.05, 4.69) is 12.6 Å². The number of halogens is 1. The third-order valence-corrected chi connectivity index (χ3v) is 1.91. The van der Waals surface area contributed by atoms with Crippen molar-refractivity contribution in [3.63, 3.8) is 0 Å². The first kappa shape index (κ1) is 7.61. The van der Waals surface area contributed by atoms with Crippen LogP contribution >= 0.6 is 12.6 Å². The Morgan fingerprint density at radius 1 is 1.20 bits per heavy atom. The van der Waals surface area contributed by atoms with Crippen molar-refractivity contribution in [1.82, 2.24) is 0 Å². The van der Waals surface area contributed by atoms with Crippen molar-refractivity contribution >= 4 is 12.6 Å². The van der Waals surface area contributed by atoms with Crippen LogP contribution in [0.1, 0.15) is 11.1 Å². The van der Waals surface area contributed by atoms with Crippen LogP contribution in [0.4, 0.5) is 4.39 Å². The van der Waals surface area contributed by atoms with Gasteiger partial charge in [-0.25, -0.2) is 4.39 Å². The van der Waals surface area contributed by atoms with Gasteiger partial charge in [-0.05, 0) is 37.1 Å². The molecule has 0 aliphatic heterocycles. The molecule has 0 radical (unpaired) electrons. The minimum absolute atomic E-state index is 0.244. The van der Waals surface area contributed by atoms with Crippen LogP contribution in [0.5, 0.6) is 0 Å². The highest BCUT2D eigenvalue weighted by Gasteiger charge is 1.99. The summed E-state index contributed by atoms with van der Waals surface area (Å²) in [6.07, 6.45) is 0. The lowest BCUT2D eigenvalue weighted by Crippen LogP contribution is -1.84. The molecule has 54 valence electrons. The molecule has 1 aromatic rings. The molecule has 0 aliphatic carbocycles. The summed E-state index contributed by atoms with van der Waals surface area (Å²) in [6, 6.07) is 3.23. The van der Waals surface area contributed by atoms with Crippen LogP contribution in [0.3, 0.4) is 0 Å². The molecular formula is C8H9FS. The first-order valence-electron chi connectivity index (χ1n) is 3.07. The van der Waals surface area contributed by atoms with Crippen molar-refractivity contribution in [3.05, 3.63) is 29.1 Å². The fourth-order valence-corrected chi connectivity index (χ4v) is 1.02. The van der Waals surface area contributed by atoms with Crippen LogP contribution in [0.2, 0.25) is 0 Å². The van der Waals surface area contributed by atoms with Gasteiger partial charge in [-0.15, -0.1) is 12.6 Å². The van der Waals surface area contributed by atoms with Gasteiger partial charge < -0.3 is 0 Å². The van der Waals surface area contributed by atoms with Crippen LogP contribution in [0.25, 0.3) is 0 Å². The molecule has 0 atom stereocenters. The zero-order chi connectivity index (χ0) is 7.72. The topological polar surface area (TPSA) is 0 Å². The van der Waals surface area contributed by atoms with E-state index in [1.165, 1.54) is 6.07 Å². The van der Waals surface area contributed by atoms with E-state index < -0.39 is 0 Å². The molecule has 0 N–H and O–H groups in total. The second-order valence-corrected chi connectivity index (χ2v) is 2.87. The Hall–Kier alpha value is -0.500. The summed E-state index contributed by atoms with van der Waals surface area (Å²) in [7, 11) is 0. The summed E-state index contributed by atoms with van der Waals surface area (Å²) in [5.41, 5.74) is 2.04. The van der Waals surface area contributed by atoms with Crippen molar-refractivity contribution < 1.29 is 4.39 Å². The van der Waals surface area contributed by atoms with Gasteiger partial charge in [0.05, 0.1) is 0 Å². The number of hydrogen-bond acceptors (Lipinski definition) is 1. The van der Waals surface area contributed by atoms with Crippen LogP contribution in [0, 0.1) is 19.7 Å². The first-order chi connectivity index (χ1) is 4.61. The smallest absolute Gasteiger partial charge is 0.136 e. The van der Waals surface area contributed by atoms with E-state index in [4.69, 9.17) is 0 Å². The zero-order valence-electron chi connectivity index (χ0n) is 5.98. The highest BCUT2D eigenvalue weighted by molar-refractivity contribution is 7.80. The second kappa shape index (κ2) is 2.62. The number of benzene rings is 1. The molecule has 10 heavy (non-hydrogen) atoms. The van der Waals surface area contributed by atoms with Gasteiger partial charge in [0.15, 0.2) is 0 Å². The van der Waals surface area contributed by atoms with Crippen molar-refractivity contribution in [2.24, 2.45) is 0 Å². The molecule has 0 bridgehead atoms. The number of rotatable bonds is 0. The van der Waals surface area contributed by atoms with Gasteiger partial charge in [-0.2, -0.15) is 0 Å². The molecule has 0 fully saturated rings. The molecule has 1 rings (SSSR count). The number of aryl methyl sites for hydroxylation is 2. The van der Waals surface area contributed by atoms with Crippen LogP contribution in [0.15, 0.2) is 17.0 Å². The molecule has 0 amide bonds. The van der Waals surface area contributed by atoms with E-state index in [9.17, 15) is 4.39 Å². The van der Waals surface area contributed by atoms with E-state index in [1.807, 2.05) is 13.8 Å². The Bertz CT molecular complexity index is 205. The average molecular weight is 156 g/mol. The Kier molecular flexibility index (Phi) is 2.00. The van der Waals surface area contributed by atoms with E-state index in [-0.39, 0.29) is 5.82 Å². The van der Waals surface area contributed by atoms with Crippen molar-refractivity contribution in [2.75, 3.05) is 0 Å². The van der Waals surface area contributed by atoms with E-state index in [0.29, 0.717) is 4.90 Å². The fourth-order valence-electron chi connectivity index (χ4n) is 0.766. The molecule has 0 spiro atoms. The molecule has 0 heterocycles. The van der Waals surface area contributed by atoms with E-state index in [0.717, 1.165) is 11.1 Å². The van der Waals surface area contributed by atoms with Gasteiger partial charge in [0.1, 0.15) is 5.82 Å². The normalized spacial score (nSPS) is 10.0. The third kappa shape index (κ3) is 1.32. The zero-order valence-corrected chi connectivity index (χ0v) is 6.87. The standard InChI is InChI=1S/C8H9FS/c1-5-3-7(9)8(10)4-6(5)2/h3-4,10H,1-2H3. The molecule has 0 aromatic heterocycles. The lowest BCUT2D eigenvalue weighted by Gasteiger charge is -2.00. The molecule has 0 saturated heterocycles. The van der Waals surface area contributed by atoms with Gasteiger partial charge in [0.2, 0.25) is 0 Å². The molecular weight excluding hydrogens is 147 g/mol. The second-order valence-electron chi connectivity index (χ2n) is 2.39. The Morgan fingerprint density at radius 3 is 2.20 bits per heavy atom. The van der Waals surface area contributed by atoms with Crippen molar-refractivity contribution in [1.29, 1.82) is 0 Å². The molecule has 0 aliphatic rings. The maximum Gasteiger partial charge on any atom is 0.136 e. The van der Waals surface area contributed by atoms with Gasteiger partial charge in [-0.1, -0.05) is 0 Å². The molecule has 0 saturated carbocycles. The Balaban J connectivity index is 3.28. The first-order valence-corrected chi connectivity index (χ1v) is 3.51. The van der Waals surface area contributed by atoms with Gasteiger partial charge in [0.25, 0.3) is 0 Å². The van der Waals surface area contributed by atoms with Gasteiger partial charge >= 0.3 is 0 Å². The highest BCUT2D eigenvalue weighted by atomic mass is 32.1. The third-order valence-electron chi connectivity index (χ3n) is 1.56. The predicted octanol–water partition coefficient (Wildman–Crippen LogP) is 2.73. The van der Waals surface area contributed by atoms with E-state index in [1.54, 1.807) is 6.07 Å². The Labute approximate surface area is 65.5 Å². The van der Waals surface area contributed by atoms with Crippen LogP contribution < -0.4 is 0 Å². The number of thiol groups is 1. The lowest BCUT2D eigenvalue weighted by molar-refractivity contribution is 0.600. The van der Waals surface area contributed by atoms with Crippen molar-refractivity contribution in [3.8, 4) is 0 Å². The van der Waals surface area contributed by atoms with Crippen molar-refractivity contribution in [2.45, 2.75) is 18.7 Å². The largest absolute Gasteiger partial charge is 0.206 e. The van der Waals surface area contributed by atoms with E-state index >= 15 is 0 Å². The maximum atomic E-state index is 12.7. The molecule has 0 unspecified atom stereocenters.